The number of carbonyl (C=O) groups is 1. The third-order valence-electron chi connectivity index (χ3n) is 3.98. The van der Waals surface area contributed by atoms with E-state index in [0.717, 1.165) is 0 Å². The first-order valence-electron chi connectivity index (χ1n) is 7.95. The maximum Gasteiger partial charge on any atom is 0.335 e. The van der Waals surface area contributed by atoms with Gasteiger partial charge in [-0.2, -0.15) is 5.10 Å². The molecule has 0 spiro atoms. The van der Waals surface area contributed by atoms with Gasteiger partial charge in [0.25, 0.3) is 0 Å². The maximum atomic E-state index is 12.7. The molecule has 2 aromatic rings. The summed E-state index contributed by atoms with van der Waals surface area (Å²) >= 11 is 0. The second-order valence-electron chi connectivity index (χ2n) is 6.40. The Kier molecular flexibility index (Phi) is 5.34. The summed E-state index contributed by atoms with van der Waals surface area (Å²) in [5, 5.41) is 13.6. The first kappa shape index (κ1) is 19.1. The third-order valence-corrected chi connectivity index (χ3v) is 5.66. The topological polar surface area (TPSA) is 101 Å². The second kappa shape index (κ2) is 6.97. The molecular formula is C17H23N3O4S. The standard InChI is InChI=1S/C17H23N3O4S/c1-10(2)20-7-6-15(18-20)13(5)19-25(23,24)16-9-14(17(21)22)11(3)8-12(16)4/h6-10,13,19H,1-5H3,(H,21,22). The molecule has 0 radical (unpaired) electrons. The molecule has 8 heteroatoms. The van der Waals surface area contributed by atoms with Crippen LogP contribution in [0, 0.1) is 13.8 Å². The Morgan fingerprint density at radius 3 is 2.36 bits per heavy atom. The number of sulfonamides is 1. The van der Waals surface area contributed by atoms with Crippen molar-refractivity contribution in [2.75, 3.05) is 0 Å². The molecule has 0 aliphatic heterocycles. The maximum absolute atomic E-state index is 12.7. The highest BCUT2D eigenvalue weighted by molar-refractivity contribution is 7.89. The number of aromatic nitrogens is 2. The zero-order valence-electron chi connectivity index (χ0n) is 14.9. The van der Waals surface area contributed by atoms with Crippen molar-refractivity contribution in [1.29, 1.82) is 0 Å². The van der Waals surface area contributed by atoms with Gasteiger partial charge in [0.05, 0.1) is 22.2 Å². The summed E-state index contributed by atoms with van der Waals surface area (Å²) in [6.07, 6.45) is 1.80. The van der Waals surface area contributed by atoms with Crippen molar-refractivity contribution in [2.45, 2.75) is 51.6 Å². The van der Waals surface area contributed by atoms with Crippen molar-refractivity contribution in [3.63, 3.8) is 0 Å². The van der Waals surface area contributed by atoms with Gasteiger partial charge in [-0.05, 0) is 57.9 Å². The van der Waals surface area contributed by atoms with E-state index in [1.807, 2.05) is 13.8 Å². The van der Waals surface area contributed by atoms with Gasteiger partial charge in [0.2, 0.25) is 10.0 Å². The molecule has 0 aliphatic rings. The van der Waals surface area contributed by atoms with Crippen molar-refractivity contribution >= 4 is 16.0 Å². The monoisotopic (exact) mass is 365 g/mol. The molecule has 1 atom stereocenters. The van der Waals surface area contributed by atoms with E-state index in [1.54, 1.807) is 43.8 Å². The van der Waals surface area contributed by atoms with Crippen LogP contribution in [0.15, 0.2) is 29.3 Å². The minimum atomic E-state index is -3.88. The van der Waals surface area contributed by atoms with Gasteiger partial charge in [0, 0.05) is 12.2 Å². The lowest BCUT2D eigenvalue weighted by Gasteiger charge is -2.15. The number of benzene rings is 1. The van der Waals surface area contributed by atoms with E-state index in [9.17, 15) is 18.3 Å². The molecule has 0 saturated heterocycles. The lowest BCUT2D eigenvalue weighted by atomic mass is 10.1. The number of aromatic carboxylic acids is 1. The fraction of sp³-hybridized carbons (Fsp3) is 0.412. The van der Waals surface area contributed by atoms with E-state index >= 15 is 0 Å². The molecule has 0 saturated carbocycles. The number of nitrogens with zero attached hydrogens (tertiary/aromatic N) is 2. The quantitative estimate of drug-likeness (QED) is 0.820. The molecule has 0 fully saturated rings. The highest BCUT2D eigenvalue weighted by Crippen LogP contribution is 2.23. The molecule has 2 rings (SSSR count). The average molecular weight is 365 g/mol. The molecule has 7 nitrogen and oxygen atoms in total. The van der Waals surface area contributed by atoms with Gasteiger partial charge in [-0.15, -0.1) is 0 Å². The fourth-order valence-electron chi connectivity index (χ4n) is 2.58. The largest absolute Gasteiger partial charge is 0.478 e. The van der Waals surface area contributed by atoms with E-state index in [0.29, 0.717) is 16.8 Å². The summed E-state index contributed by atoms with van der Waals surface area (Å²) in [5.74, 6) is -1.15. The van der Waals surface area contributed by atoms with Gasteiger partial charge in [-0.3, -0.25) is 4.68 Å². The van der Waals surface area contributed by atoms with Crippen LogP contribution in [0.1, 0.15) is 60.0 Å². The molecule has 136 valence electrons. The normalized spacial score (nSPS) is 13.2. The Morgan fingerprint density at radius 2 is 1.84 bits per heavy atom. The fourth-order valence-corrected chi connectivity index (χ4v) is 4.05. The molecular weight excluding hydrogens is 342 g/mol. The molecule has 0 bridgehead atoms. The second-order valence-corrected chi connectivity index (χ2v) is 8.08. The Morgan fingerprint density at radius 1 is 1.20 bits per heavy atom. The van der Waals surface area contributed by atoms with Crippen molar-refractivity contribution in [2.24, 2.45) is 0 Å². The van der Waals surface area contributed by atoms with E-state index in [2.05, 4.69) is 9.82 Å². The van der Waals surface area contributed by atoms with Crippen molar-refractivity contribution in [3.8, 4) is 0 Å². The first-order valence-corrected chi connectivity index (χ1v) is 9.43. The molecule has 1 unspecified atom stereocenters. The molecule has 1 aromatic carbocycles. The summed E-state index contributed by atoms with van der Waals surface area (Å²) < 4.78 is 29.8. The van der Waals surface area contributed by atoms with Crippen LogP contribution >= 0.6 is 0 Å². The molecule has 0 aliphatic carbocycles. The van der Waals surface area contributed by atoms with Gasteiger partial charge in [-0.25, -0.2) is 17.9 Å². The van der Waals surface area contributed by atoms with Crippen LogP contribution in [-0.2, 0) is 10.0 Å². The summed E-state index contributed by atoms with van der Waals surface area (Å²) in [6.45, 7) is 8.95. The SMILES string of the molecule is Cc1cc(C)c(S(=O)(=O)NC(C)c2ccn(C(C)C)n2)cc1C(=O)O. The highest BCUT2D eigenvalue weighted by atomic mass is 32.2. The Labute approximate surface area is 147 Å². The number of hydrogen-bond acceptors (Lipinski definition) is 4. The van der Waals surface area contributed by atoms with Gasteiger partial charge in [-0.1, -0.05) is 6.07 Å². The summed E-state index contributed by atoms with van der Waals surface area (Å²) in [4.78, 5) is 11.3. The third kappa shape index (κ3) is 4.08. The molecule has 25 heavy (non-hydrogen) atoms. The van der Waals surface area contributed by atoms with Crippen LogP contribution < -0.4 is 4.72 Å². The van der Waals surface area contributed by atoms with Crippen molar-refractivity contribution in [3.05, 3.63) is 46.8 Å². The number of aryl methyl sites for hydroxylation is 2. The molecule has 1 heterocycles. The van der Waals surface area contributed by atoms with Crippen LogP contribution in [0.5, 0.6) is 0 Å². The van der Waals surface area contributed by atoms with Gasteiger partial charge < -0.3 is 5.11 Å². The zero-order chi connectivity index (χ0) is 18.9. The number of carboxylic acid groups (broad SMARTS) is 1. The van der Waals surface area contributed by atoms with Gasteiger partial charge >= 0.3 is 5.97 Å². The first-order chi connectivity index (χ1) is 11.5. The lowest BCUT2D eigenvalue weighted by Crippen LogP contribution is -2.28. The Bertz CT molecular complexity index is 901. The van der Waals surface area contributed by atoms with E-state index < -0.39 is 22.0 Å². The summed E-state index contributed by atoms with van der Waals surface area (Å²) in [5.41, 5.74) is 1.59. The Hall–Kier alpha value is -2.19. The Balaban J connectivity index is 2.35. The molecule has 0 amide bonds. The number of nitrogens with one attached hydrogen (secondary N) is 1. The van der Waals surface area contributed by atoms with Crippen LogP contribution in [-0.4, -0.2) is 29.3 Å². The number of rotatable bonds is 6. The highest BCUT2D eigenvalue weighted by Gasteiger charge is 2.24. The summed E-state index contributed by atoms with van der Waals surface area (Å²) in [7, 11) is -3.88. The summed E-state index contributed by atoms with van der Waals surface area (Å²) in [6, 6.07) is 4.16. The molecule has 1 aromatic heterocycles. The zero-order valence-corrected chi connectivity index (χ0v) is 15.8. The minimum Gasteiger partial charge on any atom is -0.478 e. The predicted octanol–water partition coefficient (Wildman–Crippen LogP) is 2.82. The smallest absolute Gasteiger partial charge is 0.335 e. The van der Waals surface area contributed by atoms with Crippen LogP contribution in [0.25, 0.3) is 0 Å². The van der Waals surface area contributed by atoms with E-state index in [1.165, 1.54) is 6.07 Å². The van der Waals surface area contributed by atoms with E-state index in [-0.39, 0.29) is 16.5 Å². The van der Waals surface area contributed by atoms with Crippen LogP contribution in [0.3, 0.4) is 0 Å². The van der Waals surface area contributed by atoms with Gasteiger partial charge in [0.1, 0.15) is 0 Å². The van der Waals surface area contributed by atoms with Crippen LogP contribution in [0.4, 0.5) is 0 Å². The molecule has 2 N–H and O–H groups in total. The lowest BCUT2D eigenvalue weighted by molar-refractivity contribution is 0.0696. The number of carboxylic acids is 1. The van der Waals surface area contributed by atoms with Crippen molar-refractivity contribution in [1.82, 2.24) is 14.5 Å². The van der Waals surface area contributed by atoms with Crippen LogP contribution in [0.2, 0.25) is 0 Å². The van der Waals surface area contributed by atoms with Gasteiger partial charge in [0.15, 0.2) is 0 Å². The minimum absolute atomic E-state index is 0.0253. The predicted molar refractivity (Wildman–Crippen MR) is 94.2 cm³/mol. The number of hydrogen-bond donors (Lipinski definition) is 2. The van der Waals surface area contributed by atoms with E-state index in [4.69, 9.17) is 0 Å². The average Bonchev–Trinajstić information content (AvgIpc) is 2.96. The van der Waals surface area contributed by atoms with Crippen molar-refractivity contribution < 1.29 is 18.3 Å².